The number of nitrogens with one attached hydrogen (secondary N) is 1. The molecule has 84 valence electrons. The molecule has 0 aliphatic heterocycles. The van der Waals surface area contributed by atoms with Crippen LogP contribution in [-0.2, 0) is 6.42 Å². The van der Waals surface area contributed by atoms with E-state index in [1.54, 1.807) is 12.4 Å². The van der Waals surface area contributed by atoms with Gasteiger partial charge in [-0.3, -0.25) is 4.98 Å². The van der Waals surface area contributed by atoms with Crippen LogP contribution in [0, 0.1) is 5.92 Å². The minimum atomic E-state index is -0.314. The van der Waals surface area contributed by atoms with E-state index < -0.39 is 0 Å². The van der Waals surface area contributed by atoms with Gasteiger partial charge in [-0.1, -0.05) is 13.8 Å². The fraction of sp³-hybridized carbons (Fsp3) is 0.583. The minimum Gasteiger partial charge on any atom is -0.391 e. The van der Waals surface area contributed by atoms with E-state index in [4.69, 9.17) is 0 Å². The third-order valence-electron chi connectivity index (χ3n) is 2.15. The second-order valence-corrected chi connectivity index (χ2v) is 4.27. The van der Waals surface area contributed by atoms with E-state index in [1.807, 2.05) is 12.1 Å². The summed E-state index contributed by atoms with van der Waals surface area (Å²) in [7, 11) is 0. The summed E-state index contributed by atoms with van der Waals surface area (Å²) in [5.41, 5.74) is 1.13. The van der Waals surface area contributed by atoms with Crippen LogP contribution in [0.3, 0.4) is 0 Å². The summed E-state index contributed by atoms with van der Waals surface area (Å²) in [4.78, 5) is 3.94. The van der Waals surface area contributed by atoms with Crippen molar-refractivity contribution < 1.29 is 5.11 Å². The summed E-state index contributed by atoms with van der Waals surface area (Å²) in [5.74, 6) is 0.623. The SMILES string of the molecule is CC(C)CNCC(O)Cc1ccncc1. The fourth-order valence-electron chi connectivity index (χ4n) is 1.40. The molecule has 0 radical (unpaired) electrons. The molecule has 0 amide bonds. The van der Waals surface area contributed by atoms with Crippen LogP contribution < -0.4 is 5.32 Å². The quantitative estimate of drug-likeness (QED) is 0.739. The molecule has 0 aliphatic rings. The lowest BCUT2D eigenvalue weighted by Crippen LogP contribution is -2.30. The summed E-state index contributed by atoms with van der Waals surface area (Å²) in [6, 6.07) is 3.87. The van der Waals surface area contributed by atoms with Gasteiger partial charge in [-0.25, -0.2) is 0 Å². The molecule has 1 atom stereocenters. The Morgan fingerprint density at radius 1 is 1.27 bits per heavy atom. The van der Waals surface area contributed by atoms with E-state index in [1.165, 1.54) is 0 Å². The highest BCUT2D eigenvalue weighted by molar-refractivity contribution is 5.10. The van der Waals surface area contributed by atoms with Crippen LogP contribution in [0.4, 0.5) is 0 Å². The number of aromatic nitrogens is 1. The Bertz CT molecular complexity index is 262. The average molecular weight is 208 g/mol. The molecule has 15 heavy (non-hydrogen) atoms. The molecule has 1 heterocycles. The molecule has 0 aliphatic carbocycles. The second-order valence-electron chi connectivity index (χ2n) is 4.27. The van der Waals surface area contributed by atoms with Crippen LogP contribution in [0.1, 0.15) is 19.4 Å². The Morgan fingerprint density at radius 3 is 2.53 bits per heavy atom. The smallest absolute Gasteiger partial charge is 0.0704 e. The Labute approximate surface area is 91.5 Å². The van der Waals surface area contributed by atoms with Crippen LogP contribution in [0.25, 0.3) is 0 Å². The van der Waals surface area contributed by atoms with Gasteiger partial charge in [-0.15, -0.1) is 0 Å². The third-order valence-corrected chi connectivity index (χ3v) is 2.15. The Balaban J connectivity index is 2.21. The Kier molecular flexibility index (Phi) is 5.29. The zero-order valence-corrected chi connectivity index (χ0v) is 9.48. The van der Waals surface area contributed by atoms with E-state index in [0.29, 0.717) is 18.9 Å². The minimum absolute atomic E-state index is 0.314. The van der Waals surface area contributed by atoms with Crippen molar-refractivity contribution in [3.8, 4) is 0 Å². The molecule has 0 fully saturated rings. The molecule has 0 bridgehead atoms. The number of aliphatic hydroxyl groups excluding tert-OH is 1. The van der Waals surface area contributed by atoms with Crippen molar-refractivity contribution in [3.63, 3.8) is 0 Å². The first-order valence-electron chi connectivity index (χ1n) is 5.46. The number of aliphatic hydroxyl groups is 1. The summed E-state index contributed by atoms with van der Waals surface area (Å²) < 4.78 is 0. The van der Waals surface area contributed by atoms with Crippen molar-refractivity contribution in [2.24, 2.45) is 5.92 Å². The molecule has 1 aromatic heterocycles. The maximum absolute atomic E-state index is 9.73. The van der Waals surface area contributed by atoms with Crippen molar-refractivity contribution >= 4 is 0 Å². The van der Waals surface area contributed by atoms with Crippen molar-refractivity contribution in [2.75, 3.05) is 13.1 Å². The molecule has 0 aromatic carbocycles. The summed E-state index contributed by atoms with van der Waals surface area (Å²) in [6.07, 6.45) is 3.88. The third kappa shape index (κ3) is 5.50. The van der Waals surface area contributed by atoms with Crippen LogP contribution in [0.15, 0.2) is 24.5 Å². The van der Waals surface area contributed by atoms with Crippen molar-refractivity contribution in [1.29, 1.82) is 0 Å². The molecule has 3 nitrogen and oxygen atoms in total. The van der Waals surface area contributed by atoms with E-state index >= 15 is 0 Å². The Hall–Kier alpha value is -0.930. The lowest BCUT2D eigenvalue weighted by Gasteiger charge is -2.12. The molecule has 1 unspecified atom stereocenters. The largest absolute Gasteiger partial charge is 0.391 e. The molecular weight excluding hydrogens is 188 g/mol. The van der Waals surface area contributed by atoms with Crippen LogP contribution in [0.5, 0.6) is 0 Å². The number of hydrogen-bond donors (Lipinski definition) is 2. The molecule has 1 rings (SSSR count). The molecule has 3 heteroatoms. The molecule has 1 aromatic rings. The van der Waals surface area contributed by atoms with Crippen molar-refractivity contribution in [1.82, 2.24) is 10.3 Å². The van der Waals surface area contributed by atoms with E-state index in [0.717, 1.165) is 12.1 Å². The van der Waals surface area contributed by atoms with Gasteiger partial charge in [0, 0.05) is 18.9 Å². The first-order valence-corrected chi connectivity index (χ1v) is 5.46. The topological polar surface area (TPSA) is 45.1 Å². The number of nitrogens with zero attached hydrogens (tertiary/aromatic N) is 1. The molecular formula is C12H20N2O. The number of hydrogen-bond acceptors (Lipinski definition) is 3. The molecule has 0 spiro atoms. The van der Waals surface area contributed by atoms with Gasteiger partial charge in [0.2, 0.25) is 0 Å². The first-order chi connectivity index (χ1) is 7.18. The summed E-state index contributed by atoms with van der Waals surface area (Å²) in [6.45, 7) is 5.92. The van der Waals surface area contributed by atoms with Crippen LogP contribution in [-0.4, -0.2) is 29.3 Å². The second kappa shape index (κ2) is 6.53. The number of pyridine rings is 1. The predicted molar refractivity (Wildman–Crippen MR) is 61.7 cm³/mol. The monoisotopic (exact) mass is 208 g/mol. The van der Waals surface area contributed by atoms with Crippen molar-refractivity contribution in [3.05, 3.63) is 30.1 Å². The average Bonchev–Trinajstić information content (AvgIpc) is 2.18. The predicted octanol–water partition coefficient (Wildman–Crippen LogP) is 1.23. The van der Waals surface area contributed by atoms with Gasteiger partial charge < -0.3 is 10.4 Å². The standard InChI is InChI=1S/C12H20N2O/c1-10(2)8-14-9-12(15)7-11-3-5-13-6-4-11/h3-6,10,12,14-15H,7-9H2,1-2H3. The van der Waals surface area contributed by atoms with E-state index in [2.05, 4.69) is 24.1 Å². The molecule has 0 saturated carbocycles. The molecule has 2 N–H and O–H groups in total. The van der Waals surface area contributed by atoms with Gasteiger partial charge >= 0.3 is 0 Å². The Morgan fingerprint density at radius 2 is 1.93 bits per heavy atom. The van der Waals surface area contributed by atoms with Gasteiger partial charge in [-0.05, 0) is 36.6 Å². The van der Waals surface area contributed by atoms with Crippen LogP contribution >= 0.6 is 0 Å². The summed E-state index contributed by atoms with van der Waals surface area (Å²) in [5, 5.41) is 13.0. The zero-order valence-electron chi connectivity index (χ0n) is 9.48. The zero-order chi connectivity index (χ0) is 11.1. The highest BCUT2D eigenvalue weighted by atomic mass is 16.3. The van der Waals surface area contributed by atoms with Gasteiger partial charge in [0.05, 0.1) is 6.10 Å². The maximum Gasteiger partial charge on any atom is 0.0704 e. The maximum atomic E-state index is 9.73. The first kappa shape index (κ1) is 12.1. The highest BCUT2D eigenvalue weighted by Gasteiger charge is 2.04. The van der Waals surface area contributed by atoms with Gasteiger partial charge in [0.15, 0.2) is 0 Å². The van der Waals surface area contributed by atoms with Gasteiger partial charge in [-0.2, -0.15) is 0 Å². The highest BCUT2D eigenvalue weighted by Crippen LogP contribution is 2.01. The number of rotatable bonds is 6. The molecule has 0 saturated heterocycles. The van der Waals surface area contributed by atoms with Crippen LogP contribution in [0.2, 0.25) is 0 Å². The lowest BCUT2D eigenvalue weighted by atomic mass is 10.1. The van der Waals surface area contributed by atoms with Gasteiger partial charge in [0.25, 0.3) is 0 Å². The summed E-state index contributed by atoms with van der Waals surface area (Å²) >= 11 is 0. The normalized spacial score (nSPS) is 13.1. The van der Waals surface area contributed by atoms with Gasteiger partial charge in [0.1, 0.15) is 0 Å². The lowest BCUT2D eigenvalue weighted by molar-refractivity contribution is 0.170. The fourth-order valence-corrected chi connectivity index (χ4v) is 1.40. The van der Waals surface area contributed by atoms with E-state index in [9.17, 15) is 5.11 Å². The van der Waals surface area contributed by atoms with E-state index in [-0.39, 0.29) is 6.10 Å². The van der Waals surface area contributed by atoms with Crippen molar-refractivity contribution in [2.45, 2.75) is 26.4 Å².